The molecular weight excluding hydrogens is 252 g/mol. The summed E-state index contributed by atoms with van der Waals surface area (Å²) in [7, 11) is 1.69. The van der Waals surface area contributed by atoms with Gasteiger partial charge in [-0.05, 0) is 37.1 Å². The fourth-order valence-corrected chi connectivity index (χ4v) is 2.58. The third-order valence-corrected chi connectivity index (χ3v) is 3.64. The van der Waals surface area contributed by atoms with Gasteiger partial charge in [-0.3, -0.25) is 4.90 Å². The molecule has 108 valence electrons. The van der Waals surface area contributed by atoms with Crippen molar-refractivity contribution in [2.24, 2.45) is 11.7 Å². The molecule has 1 fully saturated rings. The molecule has 0 aliphatic carbocycles. The summed E-state index contributed by atoms with van der Waals surface area (Å²) in [6.45, 7) is 3.44. The fraction of sp³-hybridized carbons (Fsp3) is 0.500. The maximum absolute atomic E-state index is 9.21. The number of aliphatic hydroxyl groups excluding tert-OH is 1. The zero-order valence-corrected chi connectivity index (χ0v) is 11.9. The van der Waals surface area contributed by atoms with E-state index in [1.807, 2.05) is 12.1 Å². The number of rotatable bonds is 4. The molecule has 1 aliphatic rings. The van der Waals surface area contributed by atoms with Crippen LogP contribution < -0.4 is 10.5 Å². The Bertz CT molecular complexity index is 505. The van der Waals surface area contributed by atoms with Crippen molar-refractivity contribution in [2.75, 3.05) is 33.4 Å². The van der Waals surface area contributed by atoms with E-state index in [-0.39, 0.29) is 6.61 Å². The second-order valence-electron chi connectivity index (χ2n) is 5.10. The lowest BCUT2D eigenvalue weighted by Gasteiger charge is -2.18. The van der Waals surface area contributed by atoms with Crippen LogP contribution in [0.1, 0.15) is 17.5 Å². The lowest BCUT2D eigenvalue weighted by molar-refractivity contribution is 0.219. The molecule has 0 aromatic heterocycles. The molecule has 1 aromatic rings. The van der Waals surface area contributed by atoms with Crippen LogP contribution >= 0.6 is 0 Å². The molecule has 0 bridgehead atoms. The molecule has 0 saturated carbocycles. The molecule has 3 N–H and O–H groups in total. The van der Waals surface area contributed by atoms with E-state index in [9.17, 15) is 5.11 Å². The second-order valence-corrected chi connectivity index (χ2v) is 5.10. The molecule has 1 aliphatic heterocycles. The SMILES string of the molecule is COc1ccc(C#CCN)cc1CN1CCC(CO)C1. The number of hydrogen-bond donors (Lipinski definition) is 2. The van der Waals surface area contributed by atoms with E-state index in [0.717, 1.165) is 42.9 Å². The highest BCUT2D eigenvalue weighted by Gasteiger charge is 2.22. The van der Waals surface area contributed by atoms with Crippen LogP contribution in [0.15, 0.2) is 18.2 Å². The van der Waals surface area contributed by atoms with Crippen molar-refractivity contribution >= 4 is 0 Å². The Morgan fingerprint density at radius 2 is 2.35 bits per heavy atom. The normalized spacial score (nSPS) is 18.6. The summed E-state index contributed by atoms with van der Waals surface area (Å²) < 4.78 is 5.42. The van der Waals surface area contributed by atoms with E-state index in [1.165, 1.54) is 0 Å². The quantitative estimate of drug-likeness (QED) is 0.798. The van der Waals surface area contributed by atoms with Crippen LogP contribution in [0.4, 0.5) is 0 Å². The van der Waals surface area contributed by atoms with E-state index >= 15 is 0 Å². The van der Waals surface area contributed by atoms with Gasteiger partial charge >= 0.3 is 0 Å². The lowest BCUT2D eigenvalue weighted by Crippen LogP contribution is -2.21. The number of aliphatic hydroxyl groups is 1. The van der Waals surface area contributed by atoms with Gasteiger partial charge in [0.05, 0.1) is 13.7 Å². The Hall–Kier alpha value is -1.54. The zero-order chi connectivity index (χ0) is 14.4. The van der Waals surface area contributed by atoms with E-state index in [0.29, 0.717) is 12.5 Å². The maximum atomic E-state index is 9.21. The average molecular weight is 274 g/mol. The summed E-state index contributed by atoms with van der Waals surface area (Å²) in [5.41, 5.74) is 7.50. The summed E-state index contributed by atoms with van der Waals surface area (Å²) in [6.07, 6.45) is 1.06. The van der Waals surface area contributed by atoms with Crippen LogP contribution in [0.3, 0.4) is 0 Å². The van der Waals surface area contributed by atoms with Crippen LogP contribution in [0.5, 0.6) is 5.75 Å². The smallest absolute Gasteiger partial charge is 0.123 e. The lowest BCUT2D eigenvalue weighted by atomic mass is 10.1. The summed E-state index contributed by atoms with van der Waals surface area (Å²) in [5.74, 6) is 7.21. The van der Waals surface area contributed by atoms with Crippen LogP contribution in [-0.2, 0) is 6.54 Å². The molecule has 1 saturated heterocycles. The minimum Gasteiger partial charge on any atom is -0.496 e. The minimum absolute atomic E-state index is 0.273. The molecule has 0 amide bonds. The Kier molecular flexibility index (Phi) is 5.42. The number of methoxy groups -OCH3 is 1. The first-order valence-corrected chi connectivity index (χ1v) is 6.96. The first-order chi connectivity index (χ1) is 9.76. The number of likely N-dealkylation sites (tertiary alicyclic amines) is 1. The zero-order valence-electron chi connectivity index (χ0n) is 11.9. The number of benzene rings is 1. The van der Waals surface area contributed by atoms with Gasteiger partial charge < -0.3 is 15.6 Å². The van der Waals surface area contributed by atoms with Crippen LogP contribution in [0, 0.1) is 17.8 Å². The van der Waals surface area contributed by atoms with Crippen molar-refractivity contribution in [1.82, 2.24) is 4.90 Å². The van der Waals surface area contributed by atoms with E-state index < -0.39 is 0 Å². The topological polar surface area (TPSA) is 58.7 Å². The second kappa shape index (κ2) is 7.30. The maximum Gasteiger partial charge on any atom is 0.123 e. The number of nitrogens with two attached hydrogens (primary N) is 1. The summed E-state index contributed by atoms with van der Waals surface area (Å²) >= 11 is 0. The monoisotopic (exact) mass is 274 g/mol. The highest BCUT2D eigenvalue weighted by atomic mass is 16.5. The Morgan fingerprint density at radius 3 is 3.00 bits per heavy atom. The summed E-state index contributed by atoms with van der Waals surface area (Å²) in [6, 6.07) is 5.97. The number of hydrogen-bond acceptors (Lipinski definition) is 4. The third kappa shape index (κ3) is 3.73. The summed E-state index contributed by atoms with van der Waals surface area (Å²) in [4.78, 5) is 2.35. The Balaban J connectivity index is 2.12. The first kappa shape index (κ1) is 14.9. The van der Waals surface area contributed by atoms with Gasteiger partial charge in [-0.25, -0.2) is 0 Å². The summed E-state index contributed by atoms with van der Waals surface area (Å²) in [5, 5.41) is 9.21. The highest BCUT2D eigenvalue weighted by molar-refractivity contribution is 5.44. The van der Waals surface area contributed by atoms with Gasteiger partial charge in [-0.1, -0.05) is 11.8 Å². The molecule has 20 heavy (non-hydrogen) atoms. The van der Waals surface area contributed by atoms with Gasteiger partial charge in [0.2, 0.25) is 0 Å². The Labute approximate surface area is 120 Å². The standard InChI is InChI=1S/C16H22N2O2/c1-20-16-5-4-13(3-2-7-17)9-15(16)11-18-8-6-14(10-18)12-19/h4-5,9,14,19H,6-8,10-12,17H2,1H3. The van der Waals surface area contributed by atoms with E-state index in [4.69, 9.17) is 10.5 Å². The molecule has 0 spiro atoms. The fourth-order valence-electron chi connectivity index (χ4n) is 2.58. The minimum atomic E-state index is 0.273. The first-order valence-electron chi connectivity index (χ1n) is 6.96. The molecule has 4 heteroatoms. The van der Waals surface area contributed by atoms with Crippen molar-refractivity contribution in [2.45, 2.75) is 13.0 Å². The number of nitrogens with zero attached hydrogens (tertiary/aromatic N) is 1. The van der Waals surface area contributed by atoms with Crippen molar-refractivity contribution in [3.05, 3.63) is 29.3 Å². The third-order valence-electron chi connectivity index (χ3n) is 3.64. The number of ether oxygens (including phenoxy) is 1. The van der Waals surface area contributed by atoms with Gasteiger partial charge in [0.15, 0.2) is 0 Å². The predicted octanol–water partition coefficient (Wildman–Crippen LogP) is 0.820. The molecule has 0 radical (unpaired) electrons. The molecule has 1 aromatic carbocycles. The van der Waals surface area contributed by atoms with Crippen LogP contribution in [-0.4, -0.2) is 43.4 Å². The molecular formula is C16H22N2O2. The van der Waals surface area contributed by atoms with Crippen molar-refractivity contribution in [1.29, 1.82) is 0 Å². The highest BCUT2D eigenvalue weighted by Crippen LogP contribution is 2.24. The molecule has 1 atom stereocenters. The predicted molar refractivity (Wildman–Crippen MR) is 79.4 cm³/mol. The van der Waals surface area contributed by atoms with Gasteiger partial charge in [0, 0.05) is 30.8 Å². The van der Waals surface area contributed by atoms with Crippen molar-refractivity contribution in [3.63, 3.8) is 0 Å². The van der Waals surface area contributed by atoms with Gasteiger partial charge in [0.1, 0.15) is 5.75 Å². The molecule has 1 unspecified atom stereocenters. The Morgan fingerprint density at radius 1 is 1.50 bits per heavy atom. The molecule has 4 nitrogen and oxygen atoms in total. The average Bonchev–Trinajstić information content (AvgIpc) is 2.93. The van der Waals surface area contributed by atoms with E-state index in [1.54, 1.807) is 7.11 Å². The van der Waals surface area contributed by atoms with Crippen molar-refractivity contribution in [3.8, 4) is 17.6 Å². The van der Waals surface area contributed by atoms with Gasteiger partial charge in [-0.15, -0.1) is 0 Å². The van der Waals surface area contributed by atoms with Crippen LogP contribution in [0.25, 0.3) is 0 Å². The van der Waals surface area contributed by atoms with E-state index in [2.05, 4.69) is 22.8 Å². The van der Waals surface area contributed by atoms with Gasteiger partial charge in [-0.2, -0.15) is 0 Å². The van der Waals surface area contributed by atoms with Gasteiger partial charge in [0.25, 0.3) is 0 Å². The van der Waals surface area contributed by atoms with Crippen molar-refractivity contribution < 1.29 is 9.84 Å². The molecule has 1 heterocycles. The molecule has 2 rings (SSSR count). The van der Waals surface area contributed by atoms with Crippen LogP contribution in [0.2, 0.25) is 0 Å². The largest absolute Gasteiger partial charge is 0.496 e.